The largest absolute Gasteiger partial charge is 0.206 e. The van der Waals surface area contributed by atoms with Crippen LogP contribution < -0.4 is 0 Å². The zero-order valence-electron chi connectivity index (χ0n) is 7.68. The molecule has 0 N–H and O–H groups in total. The van der Waals surface area contributed by atoms with Crippen LogP contribution in [-0.2, 0) is 0 Å². The molecule has 0 heterocycles. The van der Waals surface area contributed by atoms with Gasteiger partial charge >= 0.3 is 0 Å². The smallest absolute Gasteiger partial charge is 0.132 e. The van der Waals surface area contributed by atoms with Crippen molar-refractivity contribution in [2.45, 2.75) is 0 Å². The average molecular weight is 316 g/mol. The predicted molar refractivity (Wildman–Crippen MR) is 64.5 cm³/mol. The fourth-order valence-corrected chi connectivity index (χ4v) is 1.84. The van der Waals surface area contributed by atoms with E-state index in [1.54, 1.807) is 30.3 Å². The highest BCUT2D eigenvalue weighted by molar-refractivity contribution is 14.1. The Labute approximate surface area is 100 Å². The lowest BCUT2D eigenvalue weighted by Gasteiger charge is -2.04. The first-order chi connectivity index (χ1) is 7.18. The highest BCUT2D eigenvalue weighted by atomic mass is 127. The number of benzene rings is 2. The van der Waals surface area contributed by atoms with E-state index in [1.807, 2.05) is 22.6 Å². The first-order valence-corrected chi connectivity index (χ1v) is 5.46. The van der Waals surface area contributed by atoms with Crippen molar-refractivity contribution < 1.29 is 8.78 Å². The summed E-state index contributed by atoms with van der Waals surface area (Å²) < 4.78 is 27.7. The van der Waals surface area contributed by atoms with Crippen LogP contribution in [0, 0.1) is 15.2 Å². The molecule has 0 atom stereocenters. The minimum atomic E-state index is -0.405. The van der Waals surface area contributed by atoms with Crippen molar-refractivity contribution in [1.82, 2.24) is 0 Å². The molecule has 0 aromatic heterocycles. The molecule has 0 nitrogen and oxygen atoms in total. The van der Waals surface area contributed by atoms with Gasteiger partial charge in [0.1, 0.15) is 11.6 Å². The van der Waals surface area contributed by atoms with E-state index in [0.717, 1.165) is 3.57 Å². The molecule has 2 aromatic rings. The van der Waals surface area contributed by atoms with Gasteiger partial charge in [0.25, 0.3) is 0 Å². The molecule has 15 heavy (non-hydrogen) atoms. The van der Waals surface area contributed by atoms with Gasteiger partial charge in [-0.1, -0.05) is 24.3 Å². The topological polar surface area (TPSA) is 0 Å². The number of hydrogen-bond acceptors (Lipinski definition) is 0. The molecular formula is C12H7F2I. The Balaban J connectivity index is 2.60. The Bertz CT molecular complexity index is 495. The summed E-state index contributed by atoms with van der Waals surface area (Å²) in [5, 5.41) is 0. The quantitative estimate of drug-likeness (QED) is 0.691. The molecule has 76 valence electrons. The van der Waals surface area contributed by atoms with Gasteiger partial charge in [-0.15, -0.1) is 0 Å². The maximum Gasteiger partial charge on any atom is 0.132 e. The van der Waals surface area contributed by atoms with Gasteiger partial charge in [-0.05, 0) is 40.8 Å². The van der Waals surface area contributed by atoms with Crippen LogP contribution in [0.3, 0.4) is 0 Å². The van der Waals surface area contributed by atoms with E-state index in [0.29, 0.717) is 11.1 Å². The van der Waals surface area contributed by atoms with E-state index in [9.17, 15) is 8.78 Å². The summed E-state index contributed by atoms with van der Waals surface area (Å²) in [5.41, 5.74) is 0.597. The number of rotatable bonds is 1. The second-order valence-corrected chi connectivity index (χ2v) is 4.35. The Morgan fingerprint density at radius 2 is 1.47 bits per heavy atom. The van der Waals surface area contributed by atoms with Crippen LogP contribution in [-0.4, -0.2) is 0 Å². The van der Waals surface area contributed by atoms with E-state index in [-0.39, 0.29) is 0 Å². The van der Waals surface area contributed by atoms with Crippen LogP contribution >= 0.6 is 22.6 Å². The first kappa shape index (κ1) is 10.5. The van der Waals surface area contributed by atoms with Gasteiger partial charge in [-0.2, -0.15) is 0 Å². The number of halogens is 3. The second kappa shape index (κ2) is 4.26. The summed E-state index contributed by atoms with van der Waals surface area (Å²) in [6, 6.07) is 10.9. The lowest BCUT2D eigenvalue weighted by atomic mass is 10.0. The van der Waals surface area contributed by atoms with Crippen molar-refractivity contribution in [3.05, 3.63) is 57.7 Å². The monoisotopic (exact) mass is 316 g/mol. The van der Waals surface area contributed by atoms with Crippen molar-refractivity contribution in [2.24, 2.45) is 0 Å². The minimum Gasteiger partial charge on any atom is -0.206 e. The predicted octanol–water partition coefficient (Wildman–Crippen LogP) is 4.24. The van der Waals surface area contributed by atoms with Crippen molar-refractivity contribution >= 4 is 22.6 Å². The van der Waals surface area contributed by atoms with Gasteiger partial charge < -0.3 is 0 Å². The van der Waals surface area contributed by atoms with Gasteiger partial charge in [0.2, 0.25) is 0 Å². The van der Waals surface area contributed by atoms with Gasteiger partial charge in [0.05, 0.1) is 0 Å². The fourth-order valence-electron chi connectivity index (χ4n) is 1.39. The van der Waals surface area contributed by atoms with Gasteiger partial charge in [-0.3, -0.25) is 0 Å². The zero-order valence-corrected chi connectivity index (χ0v) is 9.83. The molecule has 0 unspecified atom stereocenters. The zero-order chi connectivity index (χ0) is 10.8. The Morgan fingerprint density at radius 3 is 2.13 bits per heavy atom. The summed E-state index contributed by atoms with van der Waals surface area (Å²) in [6.07, 6.45) is 0. The highest BCUT2D eigenvalue weighted by Gasteiger charge is 2.08. The van der Waals surface area contributed by atoms with Crippen LogP contribution in [0.2, 0.25) is 0 Å². The molecule has 3 heteroatoms. The summed E-state index contributed by atoms with van der Waals surface area (Å²) in [6.45, 7) is 0. The molecule has 2 rings (SSSR count). The van der Waals surface area contributed by atoms with E-state index in [2.05, 4.69) is 0 Å². The lowest BCUT2D eigenvalue weighted by Crippen LogP contribution is -1.88. The second-order valence-electron chi connectivity index (χ2n) is 3.10. The maximum absolute atomic E-state index is 13.5. The Kier molecular flexibility index (Phi) is 3.00. The van der Waals surface area contributed by atoms with Crippen LogP contribution in [0.5, 0.6) is 0 Å². The molecule has 0 amide bonds. The molecule has 0 aliphatic carbocycles. The van der Waals surface area contributed by atoms with Crippen molar-refractivity contribution in [1.29, 1.82) is 0 Å². The van der Waals surface area contributed by atoms with E-state index >= 15 is 0 Å². The van der Waals surface area contributed by atoms with Gasteiger partial charge in [0, 0.05) is 14.7 Å². The molecule has 0 radical (unpaired) electrons. The molecule has 0 saturated carbocycles. The summed E-state index contributed by atoms with van der Waals surface area (Å²) in [4.78, 5) is 0. The molecular weight excluding hydrogens is 309 g/mol. The maximum atomic E-state index is 13.5. The van der Waals surface area contributed by atoms with Crippen LogP contribution in [0.15, 0.2) is 42.5 Å². The van der Waals surface area contributed by atoms with Crippen LogP contribution in [0.4, 0.5) is 8.78 Å². The van der Waals surface area contributed by atoms with Gasteiger partial charge in [0.15, 0.2) is 0 Å². The standard InChI is InChI=1S/C12H7F2I/c13-11-4-2-1-3-9(11)10-6-5-8(15)7-12(10)14/h1-7H. The summed E-state index contributed by atoms with van der Waals surface area (Å²) >= 11 is 2.02. The van der Waals surface area contributed by atoms with Crippen LogP contribution in [0.25, 0.3) is 11.1 Å². The lowest BCUT2D eigenvalue weighted by molar-refractivity contribution is 0.616. The third-order valence-electron chi connectivity index (χ3n) is 2.10. The fraction of sp³-hybridized carbons (Fsp3) is 0. The SMILES string of the molecule is Fc1ccccc1-c1ccc(I)cc1F. The third-order valence-corrected chi connectivity index (χ3v) is 2.77. The molecule has 0 aliphatic rings. The third kappa shape index (κ3) is 2.17. The normalized spacial score (nSPS) is 10.3. The molecule has 0 bridgehead atoms. The molecule has 0 spiro atoms. The van der Waals surface area contributed by atoms with E-state index in [1.165, 1.54) is 12.1 Å². The van der Waals surface area contributed by atoms with E-state index in [4.69, 9.17) is 0 Å². The molecule has 0 fully saturated rings. The van der Waals surface area contributed by atoms with Crippen LogP contribution in [0.1, 0.15) is 0 Å². The van der Waals surface area contributed by atoms with Gasteiger partial charge in [-0.25, -0.2) is 8.78 Å². The Morgan fingerprint density at radius 1 is 0.800 bits per heavy atom. The summed E-state index contributed by atoms with van der Waals surface area (Å²) in [7, 11) is 0. The Hall–Kier alpha value is -0.970. The molecule has 2 aromatic carbocycles. The number of hydrogen-bond donors (Lipinski definition) is 0. The highest BCUT2D eigenvalue weighted by Crippen LogP contribution is 2.26. The summed E-state index contributed by atoms with van der Waals surface area (Å²) in [5.74, 6) is -0.801. The average Bonchev–Trinajstić information content (AvgIpc) is 2.20. The van der Waals surface area contributed by atoms with Crippen molar-refractivity contribution in [3.8, 4) is 11.1 Å². The van der Waals surface area contributed by atoms with Crippen molar-refractivity contribution in [3.63, 3.8) is 0 Å². The minimum absolute atomic E-state index is 0.298. The molecule has 0 saturated heterocycles. The molecule has 0 aliphatic heterocycles. The van der Waals surface area contributed by atoms with E-state index < -0.39 is 11.6 Å². The van der Waals surface area contributed by atoms with Crippen molar-refractivity contribution in [2.75, 3.05) is 0 Å². The first-order valence-electron chi connectivity index (χ1n) is 4.38.